The highest BCUT2D eigenvalue weighted by atomic mass is 32.2. The van der Waals surface area contributed by atoms with Crippen LogP contribution in [0, 0.1) is 0 Å². The minimum Gasteiger partial charge on any atom is -0.377 e. The molecule has 0 bridgehead atoms. The summed E-state index contributed by atoms with van der Waals surface area (Å²) < 4.78 is 29.6. The fourth-order valence-electron chi connectivity index (χ4n) is 1.99. The Morgan fingerprint density at radius 1 is 1.21 bits per heavy atom. The Bertz CT molecular complexity index is 613. The Labute approximate surface area is 145 Å². The molecule has 1 rings (SSSR count). The predicted molar refractivity (Wildman–Crippen MR) is 99.0 cm³/mol. The van der Waals surface area contributed by atoms with E-state index in [0.29, 0.717) is 25.5 Å². The van der Waals surface area contributed by atoms with E-state index in [1.54, 1.807) is 14.2 Å². The highest BCUT2D eigenvalue weighted by Crippen LogP contribution is 2.07. The minimum atomic E-state index is -3.10. The number of sulfone groups is 1. The first-order valence-electron chi connectivity index (χ1n) is 8.02. The topological polar surface area (TPSA) is 79.8 Å². The summed E-state index contributed by atoms with van der Waals surface area (Å²) in [4.78, 5) is 4.12. The van der Waals surface area contributed by atoms with Crippen molar-refractivity contribution >= 4 is 15.8 Å². The van der Waals surface area contributed by atoms with Gasteiger partial charge in [0.05, 0.1) is 17.1 Å². The van der Waals surface area contributed by atoms with Gasteiger partial charge in [-0.25, -0.2) is 8.42 Å². The largest absolute Gasteiger partial charge is 0.377 e. The van der Waals surface area contributed by atoms with E-state index in [9.17, 15) is 8.42 Å². The monoisotopic (exact) mass is 355 g/mol. The van der Waals surface area contributed by atoms with Crippen LogP contribution in [0.4, 0.5) is 0 Å². The molecule has 0 spiro atoms. The lowest BCUT2D eigenvalue weighted by Crippen LogP contribution is -2.45. The number of guanidine groups is 1. The number of ether oxygens (including phenoxy) is 1. The van der Waals surface area contributed by atoms with Crippen LogP contribution in [-0.2, 0) is 20.3 Å². The summed E-state index contributed by atoms with van der Waals surface area (Å²) in [6.45, 7) is 5.10. The molecule has 6 nitrogen and oxygen atoms in total. The van der Waals surface area contributed by atoms with Crippen molar-refractivity contribution in [3.8, 4) is 0 Å². The van der Waals surface area contributed by atoms with E-state index in [4.69, 9.17) is 4.74 Å². The summed E-state index contributed by atoms with van der Waals surface area (Å²) in [6, 6.07) is 9.24. The van der Waals surface area contributed by atoms with Gasteiger partial charge < -0.3 is 15.4 Å². The quantitative estimate of drug-likeness (QED) is 0.399. The Morgan fingerprint density at radius 2 is 1.88 bits per heavy atom. The zero-order valence-electron chi connectivity index (χ0n) is 15.0. The lowest BCUT2D eigenvalue weighted by atomic mass is 10.1. The van der Waals surface area contributed by atoms with Gasteiger partial charge in [-0.05, 0) is 25.8 Å². The van der Waals surface area contributed by atoms with Gasteiger partial charge in [0.1, 0.15) is 0 Å². The highest BCUT2D eigenvalue weighted by Gasteiger charge is 2.16. The molecule has 0 amide bonds. The maximum Gasteiger partial charge on any atom is 0.191 e. The Morgan fingerprint density at radius 3 is 2.46 bits per heavy atom. The molecular weight excluding hydrogens is 326 g/mol. The molecule has 0 atom stereocenters. The zero-order valence-corrected chi connectivity index (χ0v) is 15.8. The van der Waals surface area contributed by atoms with Crippen molar-refractivity contribution in [2.24, 2.45) is 4.99 Å². The fraction of sp³-hybridized carbons (Fsp3) is 0.588. The van der Waals surface area contributed by atoms with E-state index >= 15 is 0 Å². The number of rotatable bonds is 9. The zero-order chi connectivity index (χ0) is 18.1. The Kier molecular flexibility index (Phi) is 8.21. The predicted octanol–water partition coefficient (Wildman–Crippen LogP) is 1.58. The van der Waals surface area contributed by atoms with Crippen molar-refractivity contribution in [2.75, 3.05) is 33.0 Å². The number of benzene rings is 1. The molecule has 0 saturated heterocycles. The lowest BCUT2D eigenvalue weighted by molar-refractivity contribution is 0.0268. The number of nitrogens with one attached hydrogen (secondary N) is 2. The number of methoxy groups -OCH3 is 1. The van der Waals surface area contributed by atoms with Gasteiger partial charge in [0.15, 0.2) is 15.8 Å². The Balaban J connectivity index is 2.33. The van der Waals surface area contributed by atoms with Crippen LogP contribution in [0.5, 0.6) is 0 Å². The van der Waals surface area contributed by atoms with Crippen LogP contribution < -0.4 is 10.6 Å². The number of aliphatic imine (C=N–C) groups is 1. The average Bonchev–Trinajstić information content (AvgIpc) is 2.54. The van der Waals surface area contributed by atoms with Crippen LogP contribution in [0.25, 0.3) is 0 Å². The van der Waals surface area contributed by atoms with Gasteiger partial charge in [-0.2, -0.15) is 0 Å². The van der Waals surface area contributed by atoms with Crippen molar-refractivity contribution in [1.29, 1.82) is 0 Å². The molecule has 24 heavy (non-hydrogen) atoms. The molecule has 0 aliphatic heterocycles. The first kappa shape index (κ1) is 20.4. The standard InChI is InChI=1S/C17H29N3O3S/c1-17(2,23-4)14-20-16(18-3)19-11-8-12-24(21,22)13-15-9-6-5-7-10-15/h5-7,9-10H,8,11-14H2,1-4H3,(H2,18,19,20). The van der Waals surface area contributed by atoms with Crippen molar-refractivity contribution < 1.29 is 13.2 Å². The summed E-state index contributed by atoms with van der Waals surface area (Å²) in [5.41, 5.74) is 0.529. The van der Waals surface area contributed by atoms with Crippen LogP contribution >= 0.6 is 0 Å². The number of hydrogen-bond acceptors (Lipinski definition) is 4. The second-order valence-corrected chi connectivity index (χ2v) is 8.43. The number of hydrogen-bond donors (Lipinski definition) is 2. The molecule has 2 N–H and O–H groups in total. The molecule has 0 fully saturated rings. The van der Waals surface area contributed by atoms with Gasteiger partial charge >= 0.3 is 0 Å². The first-order chi connectivity index (χ1) is 11.3. The van der Waals surface area contributed by atoms with Gasteiger partial charge in [0, 0.05) is 27.2 Å². The van der Waals surface area contributed by atoms with Crippen molar-refractivity contribution in [1.82, 2.24) is 10.6 Å². The third kappa shape index (κ3) is 8.31. The van der Waals surface area contributed by atoms with Crippen LogP contribution in [-0.4, -0.2) is 53.0 Å². The van der Waals surface area contributed by atoms with E-state index in [2.05, 4.69) is 15.6 Å². The molecule has 0 aromatic heterocycles. The maximum atomic E-state index is 12.1. The van der Waals surface area contributed by atoms with E-state index in [0.717, 1.165) is 5.56 Å². The smallest absolute Gasteiger partial charge is 0.191 e. The van der Waals surface area contributed by atoms with Crippen molar-refractivity contribution in [3.63, 3.8) is 0 Å². The molecule has 0 aliphatic rings. The second-order valence-electron chi connectivity index (χ2n) is 6.25. The van der Waals surface area contributed by atoms with Crippen LogP contribution in [0.15, 0.2) is 35.3 Å². The van der Waals surface area contributed by atoms with Crippen LogP contribution in [0.1, 0.15) is 25.8 Å². The van der Waals surface area contributed by atoms with Gasteiger partial charge in [0.2, 0.25) is 0 Å². The summed E-state index contributed by atoms with van der Waals surface area (Å²) in [5, 5.41) is 6.28. The van der Waals surface area contributed by atoms with E-state index < -0.39 is 9.84 Å². The third-order valence-corrected chi connectivity index (χ3v) is 5.30. The van der Waals surface area contributed by atoms with Gasteiger partial charge in [-0.1, -0.05) is 30.3 Å². The second kappa shape index (κ2) is 9.64. The fourth-order valence-corrected chi connectivity index (χ4v) is 3.42. The van der Waals surface area contributed by atoms with Gasteiger partial charge in [-0.3, -0.25) is 4.99 Å². The van der Waals surface area contributed by atoms with Gasteiger partial charge in [0.25, 0.3) is 0 Å². The highest BCUT2D eigenvalue weighted by molar-refractivity contribution is 7.90. The summed E-state index contributed by atoms with van der Waals surface area (Å²) in [7, 11) is 0.245. The average molecular weight is 356 g/mol. The molecule has 0 aliphatic carbocycles. The van der Waals surface area contributed by atoms with Crippen molar-refractivity contribution in [3.05, 3.63) is 35.9 Å². The van der Waals surface area contributed by atoms with Gasteiger partial charge in [-0.15, -0.1) is 0 Å². The Hall–Kier alpha value is -1.60. The molecule has 7 heteroatoms. The van der Waals surface area contributed by atoms with Crippen LogP contribution in [0.3, 0.4) is 0 Å². The molecule has 1 aromatic carbocycles. The summed E-state index contributed by atoms with van der Waals surface area (Å²) in [6.07, 6.45) is 0.531. The lowest BCUT2D eigenvalue weighted by Gasteiger charge is -2.24. The summed E-state index contributed by atoms with van der Waals surface area (Å²) in [5.74, 6) is 0.874. The molecular formula is C17H29N3O3S. The van der Waals surface area contributed by atoms with E-state index in [-0.39, 0.29) is 17.1 Å². The first-order valence-corrected chi connectivity index (χ1v) is 9.84. The number of nitrogens with zero attached hydrogens (tertiary/aromatic N) is 1. The molecule has 0 radical (unpaired) electrons. The molecule has 1 aromatic rings. The third-order valence-electron chi connectivity index (χ3n) is 3.61. The molecule has 136 valence electrons. The normalized spacial score (nSPS) is 12.9. The summed E-state index contributed by atoms with van der Waals surface area (Å²) >= 11 is 0. The minimum absolute atomic E-state index is 0.0862. The molecule has 0 heterocycles. The SMILES string of the molecule is CN=C(NCCCS(=O)(=O)Cc1ccccc1)NCC(C)(C)OC. The van der Waals surface area contributed by atoms with Crippen molar-refractivity contribution in [2.45, 2.75) is 31.6 Å². The van der Waals surface area contributed by atoms with Crippen LogP contribution in [0.2, 0.25) is 0 Å². The van der Waals surface area contributed by atoms with E-state index in [1.807, 2.05) is 44.2 Å². The maximum absolute atomic E-state index is 12.1. The van der Waals surface area contributed by atoms with E-state index in [1.165, 1.54) is 0 Å². The molecule has 0 saturated carbocycles. The molecule has 0 unspecified atom stereocenters.